The van der Waals surface area contributed by atoms with Crippen LogP contribution in [0.4, 0.5) is 0 Å². The molecule has 1 aromatic carbocycles. The van der Waals surface area contributed by atoms with Gasteiger partial charge in [-0.1, -0.05) is 36.8 Å². The summed E-state index contributed by atoms with van der Waals surface area (Å²) in [6, 6.07) is 8.87. The third-order valence-corrected chi connectivity index (χ3v) is 4.58. The third kappa shape index (κ3) is 5.42. The van der Waals surface area contributed by atoms with E-state index in [4.69, 9.17) is 0 Å². The summed E-state index contributed by atoms with van der Waals surface area (Å²) in [7, 11) is 0. The molecule has 1 aliphatic rings. The Morgan fingerprint density at radius 2 is 1.86 bits per heavy atom. The molecule has 0 radical (unpaired) electrons. The highest BCUT2D eigenvalue weighted by atomic mass is 16.3. The fourth-order valence-corrected chi connectivity index (χ4v) is 2.89. The molecule has 0 saturated carbocycles. The van der Waals surface area contributed by atoms with Crippen LogP contribution in [0.3, 0.4) is 0 Å². The van der Waals surface area contributed by atoms with Crippen molar-refractivity contribution in [3.8, 4) is 0 Å². The number of hydrogen-bond donors (Lipinski definition) is 2. The molecule has 0 amide bonds. The molecule has 21 heavy (non-hydrogen) atoms. The maximum Gasteiger partial charge on any atom is 0.0791 e. The molecule has 118 valence electrons. The van der Waals surface area contributed by atoms with Gasteiger partial charge in [-0.2, -0.15) is 0 Å². The molecule has 0 bridgehead atoms. The number of nitrogens with zero attached hydrogens (tertiary/aromatic N) is 1. The van der Waals surface area contributed by atoms with Crippen molar-refractivity contribution in [2.75, 3.05) is 26.2 Å². The van der Waals surface area contributed by atoms with Crippen LogP contribution < -0.4 is 5.32 Å². The van der Waals surface area contributed by atoms with E-state index in [1.165, 1.54) is 24.0 Å². The minimum Gasteiger partial charge on any atom is -0.390 e. The Kier molecular flexibility index (Phi) is 6.22. The number of hydrogen-bond acceptors (Lipinski definition) is 3. The fourth-order valence-electron chi connectivity index (χ4n) is 2.89. The minimum atomic E-state index is -0.286. The Bertz CT molecular complexity index is 410. The normalized spacial score (nSPS) is 20.4. The first-order chi connectivity index (χ1) is 10.0. The number of aliphatic hydroxyl groups excluding tert-OH is 1. The van der Waals surface area contributed by atoms with Crippen molar-refractivity contribution in [1.82, 2.24) is 10.2 Å². The van der Waals surface area contributed by atoms with E-state index in [1.54, 1.807) is 0 Å². The molecule has 1 aromatic rings. The summed E-state index contributed by atoms with van der Waals surface area (Å²) >= 11 is 0. The molecular weight excluding hydrogens is 260 g/mol. The lowest BCUT2D eigenvalue weighted by Crippen LogP contribution is -2.42. The number of rotatable bonds is 6. The number of β-amino-alcohol motifs (C(OH)–C–C–N with tert-alkyl or cyclic N) is 1. The van der Waals surface area contributed by atoms with E-state index >= 15 is 0 Å². The maximum absolute atomic E-state index is 10.2. The molecule has 2 N–H and O–H groups in total. The predicted molar refractivity (Wildman–Crippen MR) is 88.4 cm³/mol. The van der Waals surface area contributed by atoms with Crippen molar-refractivity contribution in [2.24, 2.45) is 5.92 Å². The van der Waals surface area contributed by atoms with Crippen molar-refractivity contribution in [1.29, 1.82) is 0 Å². The molecule has 0 aromatic heterocycles. The van der Waals surface area contributed by atoms with Gasteiger partial charge in [-0.25, -0.2) is 0 Å². The molecule has 3 heteroatoms. The van der Waals surface area contributed by atoms with Gasteiger partial charge < -0.3 is 15.3 Å². The van der Waals surface area contributed by atoms with Crippen LogP contribution in [-0.4, -0.2) is 42.3 Å². The van der Waals surface area contributed by atoms with Gasteiger partial charge in [0, 0.05) is 19.1 Å². The zero-order valence-electron chi connectivity index (χ0n) is 13.7. The highest BCUT2D eigenvalue weighted by molar-refractivity contribution is 5.23. The van der Waals surface area contributed by atoms with Crippen molar-refractivity contribution >= 4 is 0 Å². The molecule has 0 aliphatic carbocycles. The molecule has 1 heterocycles. The Labute approximate surface area is 129 Å². The van der Waals surface area contributed by atoms with Crippen LogP contribution in [0.15, 0.2) is 24.3 Å². The first-order valence-corrected chi connectivity index (χ1v) is 8.25. The van der Waals surface area contributed by atoms with E-state index in [9.17, 15) is 5.11 Å². The minimum absolute atomic E-state index is 0.279. The van der Waals surface area contributed by atoms with E-state index in [0.717, 1.165) is 25.6 Å². The maximum atomic E-state index is 10.2. The number of nitrogens with one attached hydrogen (secondary N) is 1. The standard InChI is InChI=1S/C18H30N2O/c1-14-4-6-17(7-5-14)16(3)19-12-18(21)13-20-10-8-15(2)9-11-20/h4-7,15-16,18-19,21H,8-13H2,1-3H3. The Morgan fingerprint density at radius 3 is 2.48 bits per heavy atom. The molecule has 3 nitrogen and oxygen atoms in total. The third-order valence-electron chi connectivity index (χ3n) is 4.58. The molecule has 0 spiro atoms. The molecule has 2 atom stereocenters. The van der Waals surface area contributed by atoms with Crippen LogP contribution >= 0.6 is 0 Å². The predicted octanol–water partition coefficient (Wildman–Crippen LogP) is 2.74. The summed E-state index contributed by atoms with van der Waals surface area (Å²) in [5.74, 6) is 0.845. The van der Waals surface area contributed by atoms with Gasteiger partial charge >= 0.3 is 0 Å². The highest BCUT2D eigenvalue weighted by Crippen LogP contribution is 2.16. The zero-order chi connectivity index (χ0) is 15.2. The highest BCUT2D eigenvalue weighted by Gasteiger charge is 2.18. The number of aliphatic hydroxyl groups is 1. The van der Waals surface area contributed by atoms with Crippen molar-refractivity contribution < 1.29 is 5.11 Å². The lowest BCUT2D eigenvalue weighted by atomic mass is 9.99. The molecule has 1 saturated heterocycles. The monoisotopic (exact) mass is 290 g/mol. The van der Waals surface area contributed by atoms with Crippen LogP contribution in [0.5, 0.6) is 0 Å². The first-order valence-electron chi connectivity index (χ1n) is 8.25. The van der Waals surface area contributed by atoms with E-state index in [1.807, 2.05) is 0 Å². The molecule has 1 aliphatic heterocycles. The van der Waals surface area contributed by atoms with Gasteiger partial charge in [0.25, 0.3) is 0 Å². The van der Waals surface area contributed by atoms with Crippen LogP contribution in [-0.2, 0) is 0 Å². The van der Waals surface area contributed by atoms with Gasteiger partial charge in [0.15, 0.2) is 0 Å². The summed E-state index contributed by atoms with van der Waals surface area (Å²) in [6.07, 6.45) is 2.24. The Morgan fingerprint density at radius 1 is 1.24 bits per heavy atom. The topological polar surface area (TPSA) is 35.5 Å². The van der Waals surface area contributed by atoms with Gasteiger partial charge in [-0.05, 0) is 51.3 Å². The number of benzene rings is 1. The summed E-state index contributed by atoms with van der Waals surface area (Å²) in [5, 5.41) is 13.6. The average molecular weight is 290 g/mol. The van der Waals surface area contributed by atoms with Crippen molar-refractivity contribution in [2.45, 2.75) is 45.8 Å². The summed E-state index contributed by atoms with van der Waals surface area (Å²) < 4.78 is 0. The number of aryl methyl sites for hydroxylation is 1. The van der Waals surface area contributed by atoms with Crippen LogP contribution in [0, 0.1) is 12.8 Å². The van der Waals surface area contributed by atoms with E-state index in [2.05, 4.69) is 55.3 Å². The number of likely N-dealkylation sites (tertiary alicyclic amines) is 1. The van der Waals surface area contributed by atoms with Crippen molar-refractivity contribution in [3.05, 3.63) is 35.4 Å². The van der Waals surface area contributed by atoms with Crippen molar-refractivity contribution in [3.63, 3.8) is 0 Å². The van der Waals surface area contributed by atoms with Gasteiger partial charge in [-0.15, -0.1) is 0 Å². The van der Waals surface area contributed by atoms with E-state index in [-0.39, 0.29) is 12.1 Å². The molecular formula is C18H30N2O. The first kappa shape index (κ1) is 16.5. The smallest absolute Gasteiger partial charge is 0.0791 e. The van der Waals surface area contributed by atoms with Crippen LogP contribution in [0.25, 0.3) is 0 Å². The Balaban J connectivity index is 1.70. The lowest BCUT2D eigenvalue weighted by molar-refractivity contribution is 0.0892. The quantitative estimate of drug-likeness (QED) is 0.845. The number of piperidine rings is 1. The van der Waals surface area contributed by atoms with Crippen LogP contribution in [0.1, 0.15) is 43.9 Å². The second-order valence-corrected chi connectivity index (χ2v) is 6.68. The molecule has 2 rings (SSSR count). The van der Waals surface area contributed by atoms with Gasteiger partial charge in [0.05, 0.1) is 6.10 Å². The SMILES string of the molecule is Cc1ccc(C(C)NCC(O)CN2CCC(C)CC2)cc1. The molecule has 1 fully saturated rings. The van der Waals surface area contributed by atoms with Gasteiger partial charge in [0.1, 0.15) is 0 Å². The summed E-state index contributed by atoms with van der Waals surface area (Å²) in [4.78, 5) is 2.39. The van der Waals surface area contributed by atoms with Crippen LogP contribution in [0.2, 0.25) is 0 Å². The summed E-state index contributed by atoms with van der Waals surface area (Å²) in [5.41, 5.74) is 2.56. The van der Waals surface area contributed by atoms with Gasteiger partial charge in [0.2, 0.25) is 0 Å². The Hall–Kier alpha value is -0.900. The fraction of sp³-hybridized carbons (Fsp3) is 0.667. The second-order valence-electron chi connectivity index (χ2n) is 6.68. The largest absolute Gasteiger partial charge is 0.390 e. The lowest BCUT2D eigenvalue weighted by Gasteiger charge is -2.32. The average Bonchev–Trinajstić information content (AvgIpc) is 2.48. The summed E-state index contributed by atoms with van der Waals surface area (Å²) in [6.45, 7) is 10.3. The zero-order valence-corrected chi connectivity index (χ0v) is 13.7. The molecule has 2 unspecified atom stereocenters. The van der Waals surface area contributed by atoms with E-state index < -0.39 is 0 Å². The van der Waals surface area contributed by atoms with E-state index in [0.29, 0.717) is 6.54 Å². The second kappa shape index (κ2) is 7.92. The van der Waals surface area contributed by atoms with Gasteiger partial charge in [-0.3, -0.25) is 0 Å².